The summed E-state index contributed by atoms with van der Waals surface area (Å²) in [5.41, 5.74) is 1.69. The number of carboxylic acid groups (broad SMARTS) is 1. The van der Waals surface area contributed by atoms with Crippen LogP contribution in [-0.4, -0.2) is 20.9 Å². The van der Waals surface area contributed by atoms with Gasteiger partial charge >= 0.3 is 5.97 Å². The van der Waals surface area contributed by atoms with E-state index in [1.165, 1.54) is 4.68 Å². The van der Waals surface area contributed by atoms with Gasteiger partial charge in [-0.05, 0) is 0 Å². The molecule has 0 aliphatic carbocycles. The number of aryl methyl sites for hydroxylation is 1. The molecule has 0 fully saturated rings. The van der Waals surface area contributed by atoms with Crippen molar-refractivity contribution in [2.75, 3.05) is 0 Å². The summed E-state index contributed by atoms with van der Waals surface area (Å²) in [6.45, 7) is 0.228. The molecule has 0 radical (unpaired) electrons. The second-order valence-electron chi connectivity index (χ2n) is 3.16. The first-order chi connectivity index (χ1) is 6.68. The Balaban J connectivity index is 2.20. The normalized spacial score (nSPS) is 14.3. The van der Waals surface area contributed by atoms with E-state index in [-0.39, 0.29) is 18.5 Å². The average Bonchev–Trinajstić information content (AvgIpc) is 2.66. The minimum Gasteiger partial charge on any atom is -0.481 e. The van der Waals surface area contributed by atoms with E-state index in [1.54, 1.807) is 11.8 Å². The summed E-state index contributed by atoms with van der Waals surface area (Å²) in [7, 11) is 0. The van der Waals surface area contributed by atoms with Crippen LogP contribution in [0.25, 0.3) is 0 Å². The van der Waals surface area contributed by atoms with Crippen molar-refractivity contribution in [2.24, 2.45) is 0 Å². The SMILES string of the molecule is O=C(O)CCn1[nH]c2c(c1=O)CSC2. The Hall–Kier alpha value is -1.17. The van der Waals surface area contributed by atoms with Crippen LogP contribution in [0.5, 0.6) is 0 Å². The van der Waals surface area contributed by atoms with Gasteiger partial charge in [-0.25, -0.2) is 0 Å². The van der Waals surface area contributed by atoms with Crippen molar-refractivity contribution in [3.8, 4) is 0 Å². The molecule has 6 heteroatoms. The number of nitrogens with zero attached hydrogens (tertiary/aromatic N) is 1. The maximum Gasteiger partial charge on any atom is 0.305 e. The van der Waals surface area contributed by atoms with Gasteiger partial charge in [-0.2, -0.15) is 11.8 Å². The smallest absolute Gasteiger partial charge is 0.305 e. The Morgan fingerprint density at radius 1 is 1.57 bits per heavy atom. The van der Waals surface area contributed by atoms with Gasteiger partial charge in [0.25, 0.3) is 5.56 Å². The number of hydrogen-bond acceptors (Lipinski definition) is 3. The van der Waals surface area contributed by atoms with Gasteiger partial charge < -0.3 is 5.11 Å². The molecule has 0 bridgehead atoms. The fraction of sp³-hybridized carbons (Fsp3) is 0.500. The van der Waals surface area contributed by atoms with Crippen LogP contribution in [0, 0.1) is 0 Å². The van der Waals surface area contributed by atoms with E-state index in [0.29, 0.717) is 0 Å². The Kier molecular flexibility index (Phi) is 2.37. The topological polar surface area (TPSA) is 75.1 Å². The number of carboxylic acids is 1. The van der Waals surface area contributed by atoms with Gasteiger partial charge in [0.15, 0.2) is 0 Å². The Morgan fingerprint density at radius 3 is 3.00 bits per heavy atom. The third-order valence-corrected chi connectivity index (χ3v) is 3.17. The zero-order chi connectivity index (χ0) is 10.1. The predicted octanol–water partition coefficient (Wildman–Crippen LogP) is 0.398. The van der Waals surface area contributed by atoms with Crippen LogP contribution in [0.2, 0.25) is 0 Å². The summed E-state index contributed by atoms with van der Waals surface area (Å²) in [6, 6.07) is 0. The van der Waals surface area contributed by atoms with Crippen molar-refractivity contribution in [3.05, 3.63) is 21.6 Å². The van der Waals surface area contributed by atoms with Gasteiger partial charge in [0.2, 0.25) is 0 Å². The van der Waals surface area contributed by atoms with Crippen molar-refractivity contribution in [3.63, 3.8) is 0 Å². The van der Waals surface area contributed by atoms with E-state index in [9.17, 15) is 9.59 Å². The molecule has 0 spiro atoms. The molecule has 14 heavy (non-hydrogen) atoms. The van der Waals surface area contributed by atoms with E-state index >= 15 is 0 Å². The summed E-state index contributed by atoms with van der Waals surface area (Å²) >= 11 is 1.70. The molecule has 0 saturated carbocycles. The first-order valence-electron chi connectivity index (χ1n) is 4.28. The number of aromatic nitrogens is 2. The number of nitrogens with one attached hydrogen (secondary N) is 1. The molecule has 2 heterocycles. The van der Waals surface area contributed by atoms with E-state index in [4.69, 9.17) is 5.11 Å². The molecule has 1 aromatic heterocycles. The number of carbonyl (C=O) groups is 1. The van der Waals surface area contributed by atoms with Gasteiger partial charge in [0.1, 0.15) is 0 Å². The van der Waals surface area contributed by atoms with Gasteiger partial charge in [0.05, 0.1) is 24.2 Å². The molecular formula is C8H10N2O3S. The molecule has 1 aliphatic rings. The quantitative estimate of drug-likeness (QED) is 0.763. The first kappa shape index (κ1) is 9.39. The Bertz CT molecular complexity index is 421. The lowest BCUT2D eigenvalue weighted by Crippen LogP contribution is -2.20. The highest BCUT2D eigenvalue weighted by Crippen LogP contribution is 2.25. The maximum absolute atomic E-state index is 11.6. The number of rotatable bonds is 3. The molecule has 76 valence electrons. The Labute approximate surface area is 84.1 Å². The first-order valence-corrected chi connectivity index (χ1v) is 5.44. The molecular weight excluding hydrogens is 204 g/mol. The third-order valence-electron chi connectivity index (χ3n) is 2.18. The van der Waals surface area contributed by atoms with Gasteiger partial charge in [-0.15, -0.1) is 0 Å². The van der Waals surface area contributed by atoms with Crippen molar-refractivity contribution >= 4 is 17.7 Å². The van der Waals surface area contributed by atoms with Gasteiger partial charge in [0, 0.05) is 11.5 Å². The van der Waals surface area contributed by atoms with E-state index < -0.39 is 5.97 Å². The van der Waals surface area contributed by atoms with Crippen LogP contribution in [0.15, 0.2) is 4.79 Å². The number of hydrogen-bond donors (Lipinski definition) is 2. The van der Waals surface area contributed by atoms with Crippen LogP contribution < -0.4 is 5.56 Å². The lowest BCUT2D eigenvalue weighted by Gasteiger charge is -1.98. The number of fused-ring (bicyclic) bond motifs is 1. The molecule has 0 unspecified atom stereocenters. The molecule has 1 aromatic rings. The molecule has 0 amide bonds. The number of aliphatic carboxylic acids is 1. The Morgan fingerprint density at radius 2 is 2.36 bits per heavy atom. The summed E-state index contributed by atoms with van der Waals surface area (Å²) in [4.78, 5) is 21.9. The predicted molar refractivity (Wildman–Crippen MR) is 52.3 cm³/mol. The molecule has 0 atom stereocenters. The molecule has 2 rings (SSSR count). The molecule has 2 N–H and O–H groups in total. The van der Waals surface area contributed by atoms with Crippen molar-refractivity contribution in [2.45, 2.75) is 24.5 Å². The fourth-order valence-electron chi connectivity index (χ4n) is 1.46. The van der Waals surface area contributed by atoms with Crippen LogP contribution in [-0.2, 0) is 22.8 Å². The van der Waals surface area contributed by atoms with Crippen molar-refractivity contribution in [1.29, 1.82) is 0 Å². The van der Waals surface area contributed by atoms with Crippen molar-refractivity contribution < 1.29 is 9.90 Å². The van der Waals surface area contributed by atoms with E-state index in [0.717, 1.165) is 22.8 Å². The summed E-state index contributed by atoms with van der Waals surface area (Å²) < 4.78 is 1.39. The minimum absolute atomic E-state index is 0.0214. The third kappa shape index (κ3) is 1.57. The molecule has 0 aromatic carbocycles. The second-order valence-corrected chi connectivity index (χ2v) is 4.15. The molecule has 0 saturated heterocycles. The average molecular weight is 214 g/mol. The van der Waals surface area contributed by atoms with Crippen LogP contribution in [0.4, 0.5) is 0 Å². The van der Waals surface area contributed by atoms with Crippen molar-refractivity contribution in [1.82, 2.24) is 9.78 Å². The lowest BCUT2D eigenvalue weighted by molar-refractivity contribution is -0.137. The van der Waals surface area contributed by atoms with Crippen LogP contribution >= 0.6 is 11.8 Å². The highest BCUT2D eigenvalue weighted by molar-refractivity contribution is 7.98. The second kappa shape index (κ2) is 3.53. The summed E-state index contributed by atoms with van der Waals surface area (Å²) in [5.74, 6) is 0.677. The molecule has 1 aliphatic heterocycles. The molecule has 5 nitrogen and oxygen atoms in total. The van der Waals surface area contributed by atoms with E-state index in [1.807, 2.05) is 0 Å². The number of thioether (sulfide) groups is 1. The van der Waals surface area contributed by atoms with Crippen LogP contribution in [0.3, 0.4) is 0 Å². The fourth-order valence-corrected chi connectivity index (χ4v) is 2.51. The monoisotopic (exact) mass is 214 g/mol. The lowest BCUT2D eigenvalue weighted by atomic mass is 10.3. The van der Waals surface area contributed by atoms with Crippen LogP contribution in [0.1, 0.15) is 17.7 Å². The standard InChI is InChI=1S/C8H10N2O3S/c11-7(12)1-2-10-8(13)5-3-14-4-6(5)9-10/h9H,1-4H2,(H,11,12). The number of H-pyrrole nitrogens is 1. The summed E-state index contributed by atoms with van der Waals surface area (Å²) in [5, 5.41) is 11.4. The van der Waals surface area contributed by atoms with Gasteiger partial charge in [-0.1, -0.05) is 0 Å². The zero-order valence-electron chi connectivity index (χ0n) is 7.45. The number of aromatic amines is 1. The van der Waals surface area contributed by atoms with Gasteiger partial charge in [-0.3, -0.25) is 19.4 Å². The van der Waals surface area contributed by atoms with E-state index in [2.05, 4.69) is 5.10 Å². The minimum atomic E-state index is -0.888. The highest BCUT2D eigenvalue weighted by atomic mass is 32.2. The summed E-state index contributed by atoms with van der Waals surface area (Å²) in [6.07, 6.45) is -0.0214. The highest BCUT2D eigenvalue weighted by Gasteiger charge is 2.19. The zero-order valence-corrected chi connectivity index (χ0v) is 8.26. The largest absolute Gasteiger partial charge is 0.481 e. The maximum atomic E-state index is 11.6.